The molecule has 22 heavy (non-hydrogen) atoms. The largest absolute Gasteiger partial charge is 0.495 e. The monoisotopic (exact) mass is 415 g/mol. The summed E-state index contributed by atoms with van der Waals surface area (Å²) in [6.07, 6.45) is 8.18. The number of hydrogen-bond acceptors (Lipinski definition) is 2. The van der Waals surface area contributed by atoms with E-state index in [1.807, 2.05) is 24.3 Å². The first-order chi connectivity index (χ1) is 10.3. The van der Waals surface area contributed by atoms with E-state index in [0.29, 0.717) is 12.0 Å². The third-order valence-corrected chi connectivity index (χ3v) is 4.73. The van der Waals surface area contributed by atoms with Gasteiger partial charge in [0.1, 0.15) is 5.75 Å². The summed E-state index contributed by atoms with van der Waals surface area (Å²) < 4.78 is 5.31. The number of aliphatic imine (C=N–C) groups is 1. The smallest absolute Gasteiger partial charge is 0.193 e. The Balaban J connectivity index is 0.00000176. The minimum absolute atomic E-state index is 0. The van der Waals surface area contributed by atoms with Gasteiger partial charge in [-0.05, 0) is 30.4 Å². The van der Waals surface area contributed by atoms with Crippen molar-refractivity contribution in [1.29, 1.82) is 0 Å². The Kier molecular flexibility index (Phi) is 6.35. The van der Waals surface area contributed by atoms with Crippen molar-refractivity contribution in [2.24, 2.45) is 22.6 Å². The zero-order valence-corrected chi connectivity index (χ0v) is 15.5. The average Bonchev–Trinajstić information content (AvgIpc) is 3.27. The van der Waals surface area contributed by atoms with Crippen molar-refractivity contribution in [3.8, 4) is 5.75 Å². The molecule has 2 aliphatic carbocycles. The molecule has 2 aliphatic rings. The lowest BCUT2D eigenvalue weighted by atomic mass is 9.85. The molecular formula is C17H26IN3O. The molecule has 0 saturated heterocycles. The van der Waals surface area contributed by atoms with Gasteiger partial charge in [0.2, 0.25) is 0 Å². The molecule has 0 aliphatic heterocycles. The van der Waals surface area contributed by atoms with E-state index in [-0.39, 0.29) is 24.0 Å². The van der Waals surface area contributed by atoms with Crippen molar-refractivity contribution in [3.63, 3.8) is 0 Å². The summed E-state index contributed by atoms with van der Waals surface area (Å²) in [5.41, 5.74) is 6.92. The molecule has 0 bridgehead atoms. The maximum atomic E-state index is 6.05. The van der Waals surface area contributed by atoms with Crippen LogP contribution in [0.2, 0.25) is 0 Å². The Morgan fingerprint density at radius 1 is 1.23 bits per heavy atom. The summed E-state index contributed by atoms with van der Waals surface area (Å²) in [5, 5.41) is 3.16. The van der Waals surface area contributed by atoms with Gasteiger partial charge < -0.3 is 15.8 Å². The van der Waals surface area contributed by atoms with E-state index in [2.05, 4.69) is 10.3 Å². The van der Waals surface area contributed by atoms with Gasteiger partial charge in [0, 0.05) is 0 Å². The van der Waals surface area contributed by atoms with E-state index >= 15 is 0 Å². The third-order valence-electron chi connectivity index (χ3n) is 4.73. The zero-order chi connectivity index (χ0) is 14.7. The molecule has 0 aromatic heterocycles. The molecule has 2 unspecified atom stereocenters. The standard InChI is InChI=1S/C17H25N3O.HI/c1-21-16-10-6-5-9-14(16)19-17(18)20-15-11-13(15)12-7-3-2-4-8-12;/h5-6,9-10,12-13,15H,2-4,7-8,11H2,1H3,(H3,18,19,20);1H. The van der Waals surface area contributed by atoms with E-state index in [0.717, 1.165) is 23.3 Å². The number of ether oxygens (including phenoxy) is 1. The number of anilines is 1. The Hall–Kier alpha value is -0.980. The lowest BCUT2D eigenvalue weighted by molar-refractivity contribution is 0.318. The fourth-order valence-electron chi connectivity index (χ4n) is 3.51. The predicted molar refractivity (Wildman–Crippen MR) is 102 cm³/mol. The van der Waals surface area contributed by atoms with E-state index in [1.165, 1.54) is 38.5 Å². The number of halogens is 1. The Bertz CT molecular complexity index is 514. The van der Waals surface area contributed by atoms with Gasteiger partial charge in [-0.15, -0.1) is 24.0 Å². The first-order valence-corrected chi connectivity index (χ1v) is 8.01. The lowest BCUT2D eigenvalue weighted by Crippen LogP contribution is -2.24. The fraction of sp³-hybridized carbons (Fsp3) is 0.588. The Morgan fingerprint density at radius 3 is 2.68 bits per heavy atom. The molecule has 0 heterocycles. The quantitative estimate of drug-likeness (QED) is 0.444. The minimum Gasteiger partial charge on any atom is -0.495 e. The van der Waals surface area contributed by atoms with Crippen molar-refractivity contribution in [2.75, 3.05) is 12.4 Å². The topological polar surface area (TPSA) is 59.6 Å². The maximum Gasteiger partial charge on any atom is 0.193 e. The van der Waals surface area contributed by atoms with Gasteiger partial charge >= 0.3 is 0 Å². The molecule has 2 fully saturated rings. The maximum absolute atomic E-state index is 6.05. The van der Waals surface area contributed by atoms with Gasteiger partial charge in [-0.1, -0.05) is 44.2 Å². The molecule has 0 spiro atoms. The number of methoxy groups -OCH3 is 1. The second-order valence-corrected chi connectivity index (χ2v) is 6.20. The van der Waals surface area contributed by atoms with Crippen LogP contribution >= 0.6 is 24.0 Å². The average molecular weight is 415 g/mol. The zero-order valence-electron chi connectivity index (χ0n) is 13.1. The second-order valence-electron chi connectivity index (χ2n) is 6.20. The first-order valence-electron chi connectivity index (χ1n) is 8.01. The van der Waals surface area contributed by atoms with Crippen LogP contribution in [0.1, 0.15) is 38.5 Å². The van der Waals surface area contributed by atoms with Gasteiger partial charge in [-0.3, -0.25) is 0 Å². The van der Waals surface area contributed by atoms with E-state index < -0.39 is 0 Å². The highest BCUT2D eigenvalue weighted by Gasteiger charge is 2.43. The van der Waals surface area contributed by atoms with Crippen molar-refractivity contribution in [2.45, 2.75) is 44.6 Å². The van der Waals surface area contributed by atoms with Gasteiger partial charge in [-0.25, -0.2) is 4.99 Å². The van der Waals surface area contributed by atoms with Crippen molar-refractivity contribution >= 4 is 35.6 Å². The molecule has 4 nitrogen and oxygen atoms in total. The van der Waals surface area contributed by atoms with E-state index in [9.17, 15) is 0 Å². The van der Waals surface area contributed by atoms with Crippen LogP contribution in [0.15, 0.2) is 29.3 Å². The summed E-state index contributed by atoms with van der Waals surface area (Å²) in [6.45, 7) is 0. The molecule has 3 rings (SSSR count). The molecule has 3 N–H and O–H groups in total. The molecule has 2 saturated carbocycles. The van der Waals surface area contributed by atoms with Crippen molar-refractivity contribution in [1.82, 2.24) is 0 Å². The van der Waals surface area contributed by atoms with Crippen LogP contribution in [-0.2, 0) is 0 Å². The van der Waals surface area contributed by atoms with Crippen LogP contribution in [0.3, 0.4) is 0 Å². The van der Waals surface area contributed by atoms with Crippen molar-refractivity contribution < 1.29 is 4.74 Å². The summed E-state index contributed by atoms with van der Waals surface area (Å²) in [7, 11) is 1.66. The number of nitrogens with two attached hydrogens (primary N) is 1. The summed E-state index contributed by atoms with van der Waals surface area (Å²) in [5.74, 6) is 2.94. The molecule has 1 aromatic carbocycles. The number of para-hydroxylation sites is 2. The van der Waals surface area contributed by atoms with Crippen LogP contribution in [0.5, 0.6) is 5.75 Å². The number of guanidine groups is 1. The van der Waals surface area contributed by atoms with Crippen LogP contribution in [0.4, 0.5) is 5.69 Å². The molecule has 0 amide bonds. The molecule has 122 valence electrons. The summed E-state index contributed by atoms with van der Waals surface area (Å²) >= 11 is 0. The second kappa shape index (κ2) is 8.04. The number of rotatable bonds is 4. The van der Waals surface area contributed by atoms with E-state index in [1.54, 1.807) is 7.11 Å². The van der Waals surface area contributed by atoms with Crippen LogP contribution in [-0.4, -0.2) is 19.1 Å². The van der Waals surface area contributed by atoms with Gasteiger partial charge in [0.25, 0.3) is 0 Å². The summed E-state index contributed by atoms with van der Waals surface area (Å²) in [4.78, 5) is 4.64. The van der Waals surface area contributed by atoms with Crippen molar-refractivity contribution in [3.05, 3.63) is 24.3 Å². The molecule has 2 atom stereocenters. The molecule has 0 radical (unpaired) electrons. The Morgan fingerprint density at radius 2 is 1.95 bits per heavy atom. The highest BCUT2D eigenvalue weighted by Crippen LogP contribution is 2.46. The molecule has 5 heteroatoms. The van der Waals surface area contributed by atoms with Gasteiger partial charge in [0.15, 0.2) is 5.96 Å². The highest BCUT2D eigenvalue weighted by molar-refractivity contribution is 14.0. The number of hydrogen-bond donors (Lipinski definition) is 2. The normalized spacial score (nSPS) is 25.2. The van der Waals surface area contributed by atoms with Crippen LogP contribution in [0, 0.1) is 11.8 Å². The van der Waals surface area contributed by atoms with Crippen LogP contribution < -0.4 is 15.8 Å². The number of nitrogens with one attached hydrogen (secondary N) is 1. The SMILES string of the molecule is COc1ccccc1NC(N)=NC1CC1C1CCCCC1.I. The fourth-order valence-corrected chi connectivity index (χ4v) is 3.51. The minimum atomic E-state index is 0. The third kappa shape index (κ3) is 4.27. The first kappa shape index (κ1) is 17.4. The van der Waals surface area contributed by atoms with E-state index in [4.69, 9.17) is 10.5 Å². The number of nitrogens with zero attached hydrogens (tertiary/aromatic N) is 1. The highest BCUT2D eigenvalue weighted by atomic mass is 127. The molecule has 1 aromatic rings. The van der Waals surface area contributed by atoms with Gasteiger partial charge in [0.05, 0.1) is 18.8 Å². The van der Waals surface area contributed by atoms with Gasteiger partial charge in [-0.2, -0.15) is 0 Å². The number of benzene rings is 1. The lowest BCUT2D eigenvalue weighted by Gasteiger charge is -2.21. The Labute approximate surface area is 149 Å². The predicted octanol–water partition coefficient (Wildman–Crippen LogP) is 4.01. The van der Waals surface area contributed by atoms with Crippen LogP contribution in [0.25, 0.3) is 0 Å². The molecular weight excluding hydrogens is 389 g/mol. The summed E-state index contributed by atoms with van der Waals surface area (Å²) in [6, 6.07) is 8.19.